The van der Waals surface area contributed by atoms with Crippen LogP contribution < -0.4 is 0 Å². The van der Waals surface area contributed by atoms with E-state index in [-0.39, 0.29) is 0 Å². The second kappa shape index (κ2) is 9.26. The summed E-state index contributed by atoms with van der Waals surface area (Å²) in [5, 5.41) is 0. The predicted octanol–water partition coefficient (Wildman–Crippen LogP) is 2.07. The van der Waals surface area contributed by atoms with Gasteiger partial charge in [0, 0.05) is 25.1 Å². The van der Waals surface area contributed by atoms with Gasteiger partial charge in [0.1, 0.15) is 0 Å². The van der Waals surface area contributed by atoms with Crippen LogP contribution in [-0.2, 0) is 8.85 Å². The molecule has 0 aliphatic rings. The molecule has 0 fully saturated rings. The number of halogens is 1. The van der Waals surface area contributed by atoms with Gasteiger partial charge in [-0.25, -0.2) is 0 Å². The van der Waals surface area contributed by atoms with E-state index in [1.54, 1.807) is 0 Å². The molecule has 0 N–H and O–H groups in total. The van der Waals surface area contributed by atoms with Crippen LogP contribution >= 0.6 is 11.6 Å². The summed E-state index contributed by atoms with van der Waals surface area (Å²) in [5.74, 6) is 0.569. The van der Waals surface area contributed by atoms with Crippen molar-refractivity contribution in [2.24, 2.45) is 0 Å². The summed E-state index contributed by atoms with van der Waals surface area (Å²) in [5.41, 5.74) is 0. The highest BCUT2D eigenvalue weighted by Crippen LogP contribution is 1.98. The van der Waals surface area contributed by atoms with Gasteiger partial charge in [-0.15, -0.1) is 11.6 Å². The van der Waals surface area contributed by atoms with Crippen LogP contribution in [0.3, 0.4) is 0 Å². The molecule has 0 saturated heterocycles. The average Bonchev–Trinajstić information content (AvgIpc) is 2.06. The summed E-state index contributed by atoms with van der Waals surface area (Å²) in [6, 6.07) is 0.911. The standard InChI is InChI=1S/C8H17ClO2Si/c1-3-10-12(11-4-2)8-6-5-7-9/h5-6,12H,3-4,7-8H2,1-2H3. The Bertz CT molecular complexity index is 114. The summed E-state index contributed by atoms with van der Waals surface area (Å²) >= 11 is 5.49. The Hall–Kier alpha value is 0.167. The maximum absolute atomic E-state index is 5.49. The number of rotatable bonds is 7. The zero-order chi connectivity index (χ0) is 9.23. The van der Waals surface area contributed by atoms with Gasteiger partial charge >= 0.3 is 9.28 Å². The Balaban J connectivity index is 3.54. The van der Waals surface area contributed by atoms with E-state index in [4.69, 9.17) is 20.5 Å². The van der Waals surface area contributed by atoms with E-state index in [2.05, 4.69) is 0 Å². The van der Waals surface area contributed by atoms with Gasteiger partial charge in [0.25, 0.3) is 0 Å². The lowest BCUT2D eigenvalue weighted by molar-refractivity contribution is 0.216. The molecule has 0 spiro atoms. The summed E-state index contributed by atoms with van der Waals surface area (Å²) < 4.78 is 10.9. The molecular weight excluding hydrogens is 192 g/mol. The van der Waals surface area contributed by atoms with Crippen LogP contribution in [-0.4, -0.2) is 28.4 Å². The van der Waals surface area contributed by atoms with Gasteiger partial charge in [0.15, 0.2) is 0 Å². The maximum Gasteiger partial charge on any atom is 0.325 e. The van der Waals surface area contributed by atoms with Crippen molar-refractivity contribution in [2.75, 3.05) is 19.1 Å². The zero-order valence-corrected chi connectivity index (χ0v) is 9.67. The smallest absolute Gasteiger partial charge is 0.325 e. The molecule has 0 aliphatic carbocycles. The molecule has 0 aromatic rings. The molecule has 0 aromatic heterocycles. The lowest BCUT2D eigenvalue weighted by Crippen LogP contribution is -2.21. The molecular formula is C8H17ClO2Si. The highest BCUT2D eigenvalue weighted by molar-refractivity contribution is 6.45. The van der Waals surface area contributed by atoms with E-state index in [1.807, 2.05) is 26.0 Å². The quantitative estimate of drug-likeness (QED) is 0.362. The number of hydrogen-bond acceptors (Lipinski definition) is 2. The second-order valence-electron chi connectivity index (χ2n) is 2.20. The highest BCUT2D eigenvalue weighted by atomic mass is 35.5. The fourth-order valence-corrected chi connectivity index (χ4v) is 2.48. The normalized spacial score (nSPS) is 11.7. The SMILES string of the molecule is CCO[SiH](CC=CCCl)OCC. The van der Waals surface area contributed by atoms with E-state index >= 15 is 0 Å². The molecule has 0 heterocycles. The first kappa shape index (κ1) is 12.2. The molecule has 0 unspecified atom stereocenters. The van der Waals surface area contributed by atoms with E-state index in [0.717, 1.165) is 19.3 Å². The molecule has 0 aromatic carbocycles. The van der Waals surface area contributed by atoms with E-state index in [0.29, 0.717) is 5.88 Å². The minimum atomic E-state index is -1.41. The second-order valence-corrected chi connectivity index (χ2v) is 4.51. The van der Waals surface area contributed by atoms with Gasteiger partial charge in [0.05, 0.1) is 0 Å². The molecule has 0 amide bonds. The number of allylic oxidation sites excluding steroid dienone is 2. The number of alkyl halides is 1. The van der Waals surface area contributed by atoms with Crippen LogP contribution in [0.25, 0.3) is 0 Å². The molecule has 0 bridgehead atoms. The highest BCUT2D eigenvalue weighted by Gasteiger charge is 2.08. The molecule has 72 valence electrons. The molecule has 0 radical (unpaired) electrons. The zero-order valence-electron chi connectivity index (χ0n) is 7.75. The van der Waals surface area contributed by atoms with Crippen molar-refractivity contribution in [1.29, 1.82) is 0 Å². The lowest BCUT2D eigenvalue weighted by atomic mass is 10.6. The Morgan fingerprint density at radius 2 is 1.75 bits per heavy atom. The van der Waals surface area contributed by atoms with Gasteiger partial charge < -0.3 is 8.85 Å². The van der Waals surface area contributed by atoms with E-state index < -0.39 is 9.28 Å². The Kier molecular flexibility index (Phi) is 9.39. The minimum Gasteiger partial charge on any atom is -0.397 e. The van der Waals surface area contributed by atoms with Gasteiger partial charge in [0.2, 0.25) is 0 Å². The van der Waals surface area contributed by atoms with Gasteiger partial charge in [-0.05, 0) is 13.8 Å². The van der Waals surface area contributed by atoms with Crippen molar-refractivity contribution in [3.8, 4) is 0 Å². The largest absolute Gasteiger partial charge is 0.397 e. The summed E-state index contributed by atoms with van der Waals surface area (Å²) in [4.78, 5) is 0. The molecule has 0 rings (SSSR count). The first-order chi connectivity index (χ1) is 5.85. The van der Waals surface area contributed by atoms with Crippen molar-refractivity contribution >= 4 is 20.9 Å². The van der Waals surface area contributed by atoms with Crippen LogP contribution in [0.15, 0.2) is 12.2 Å². The first-order valence-corrected chi connectivity index (χ1v) is 6.58. The van der Waals surface area contributed by atoms with Gasteiger partial charge in [-0.1, -0.05) is 12.2 Å². The average molecular weight is 209 g/mol. The minimum absolute atomic E-state index is 0.569. The van der Waals surface area contributed by atoms with Crippen LogP contribution in [0, 0.1) is 0 Å². The topological polar surface area (TPSA) is 18.5 Å². The summed E-state index contributed by atoms with van der Waals surface area (Å²) in [7, 11) is -1.41. The number of hydrogen-bond donors (Lipinski definition) is 0. The Morgan fingerprint density at radius 3 is 2.17 bits per heavy atom. The fraction of sp³-hybridized carbons (Fsp3) is 0.750. The molecule has 4 heteroatoms. The molecule has 0 aliphatic heterocycles. The van der Waals surface area contributed by atoms with Crippen LogP contribution in [0.4, 0.5) is 0 Å². The van der Waals surface area contributed by atoms with Crippen LogP contribution in [0.1, 0.15) is 13.8 Å². The van der Waals surface area contributed by atoms with Gasteiger partial charge in [-0.2, -0.15) is 0 Å². The molecule has 2 nitrogen and oxygen atoms in total. The lowest BCUT2D eigenvalue weighted by Gasteiger charge is -2.11. The Labute approximate surface area is 81.4 Å². The molecule has 0 atom stereocenters. The van der Waals surface area contributed by atoms with E-state index in [9.17, 15) is 0 Å². The Morgan fingerprint density at radius 1 is 1.17 bits per heavy atom. The van der Waals surface area contributed by atoms with Crippen molar-refractivity contribution in [3.05, 3.63) is 12.2 Å². The van der Waals surface area contributed by atoms with Crippen LogP contribution in [0.5, 0.6) is 0 Å². The summed E-state index contributed by atoms with van der Waals surface area (Å²) in [6.07, 6.45) is 3.97. The van der Waals surface area contributed by atoms with Gasteiger partial charge in [-0.3, -0.25) is 0 Å². The third-order valence-corrected chi connectivity index (χ3v) is 3.53. The predicted molar refractivity (Wildman–Crippen MR) is 55.1 cm³/mol. The van der Waals surface area contributed by atoms with Crippen molar-refractivity contribution in [2.45, 2.75) is 19.9 Å². The molecule has 0 saturated carbocycles. The third kappa shape index (κ3) is 6.85. The third-order valence-electron chi connectivity index (χ3n) is 1.29. The van der Waals surface area contributed by atoms with Crippen molar-refractivity contribution < 1.29 is 8.85 Å². The molecule has 12 heavy (non-hydrogen) atoms. The summed E-state index contributed by atoms with van der Waals surface area (Å²) in [6.45, 7) is 5.46. The first-order valence-electron chi connectivity index (χ1n) is 4.29. The van der Waals surface area contributed by atoms with E-state index in [1.165, 1.54) is 0 Å². The van der Waals surface area contributed by atoms with Crippen LogP contribution in [0.2, 0.25) is 6.04 Å². The monoisotopic (exact) mass is 208 g/mol. The van der Waals surface area contributed by atoms with Crippen molar-refractivity contribution in [3.63, 3.8) is 0 Å². The maximum atomic E-state index is 5.49. The van der Waals surface area contributed by atoms with Crippen molar-refractivity contribution in [1.82, 2.24) is 0 Å². The fourth-order valence-electron chi connectivity index (χ4n) is 0.826.